The highest BCUT2D eigenvalue weighted by molar-refractivity contribution is 6.34. The van der Waals surface area contributed by atoms with Crippen molar-refractivity contribution in [3.05, 3.63) is 270 Å². The standard InChI is InChI=1S/C70H45NO/c1-69(2)57-27-11-5-23-50(57)54-26-17-32-63(68(54)69)71(43-35-37-51-49-22-8-14-30-60(49)70(61(51)41-43)58-28-12-6-20-47(58)48-21-7-13-29-59(48)70)62-31-15-9-18-44(62)42-34-36-46-45-19-3-4-24-52(45)66-53(56(46)40-42)38-39-65-67(66)55-25-10-16-33-64(55)72-65/h3-41H,1-2H3. The second kappa shape index (κ2) is 14.3. The first-order valence-electron chi connectivity index (χ1n) is 25.3. The fourth-order valence-corrected chi connectivity index (χ4v) is 14.0. The van der Waals surface area contributed by atoms with Gasteiger partial charge in [0.05, 0.1) is 16.8 Å². The fourth-order valence-electron chi connectivity index (χ4n) is 14.0. The molecule has 0 radical (unpaired) electrons. The van der Waals surface area contributed by atoms with Crippen LogP contribution in [0.4, 0.5) is 17.1 Å². The molecule has 2 nitrogen and oxygen atoms in total. The number of para-hydroxylation sites is 2. The number of hydrogen-bond acceptors (Lipinski definition) is 2. The van der Waals surface area contributed by atoms with E-state index >= 15 is 0 Å². The summed E-state index contributed by atoms with van der Waals surface area (Å²) in [6.07, 6.45) is 0. The van der Waals surface area contributed by atoms with Crippen molar-refractivity contribution in [2.75, 3.05) is 4.90 Å². The van der Waals surface area contributed by atoms with Crippen LogP contribution in [0.25, 0.3) is 98.8 Å². The summed E-state index contributed by atoms with van der Waals surface area (Å²) in [6.45, 7) is 4.82. The van der Waals surface area contributed by atoms with Gasteiger partial charge in [-0.2, -0.15) is 0 Å². The first-order valence-corrected chi connectivity index (χ1v) is 25.3. The number of benzene rings is 12. The molecule has 12 aromatic carbocycles. The predicted molar refractivity (Wildman–Crippen MR) is 300 cm³/mol. The summed E-state index contributed by atoms with van der Waals surface area (Å²) in [6, 6.07) is 88.7. The molecule has 0 saturated heterocycles. The van der Waals surface area contributed by atoms with E-state index < -0.39 is 5.41 Å². The van der Waals surface area contributed by atoms with Gasteiger partial charge in [-0.25, -0.2) is 0 Å². The normalized spacial score (nSPS) is 14.2. The van der Waals surface area contributed by atoms with Gasteiger partial charge in [0.25, 0.3) is 0 Å². The molecular weight excluding hydrogens is 871 g/mol. The van der Waals surface area contributed by atoms with Crippen LogP contribution in [-0.4, -0.2) is 0 Å². The van der Waals surface area contributed by atoms with Crippen LogP contribution >= 0.6 is 0 Å². The second-order valence-corrected chi connectivity index (χ2v) is 20.6. The minimum absolute atomic E-state index is 0.265. The Hall–Kier alpha value is -8.98. The Morgan fingerprint density at radius 2 is 0.833 bits per heavy atom. The Balaban J connectivity index is 0.982. The van der Waals surface area contributed by atoms with Gasteiger partial charge in [-0.3, -0.25) is 0 Å². The number of rotatable bonds is 4. The van der Waals surface area contributed by atoms with Crippen molar-refractivity contribution >= 4 is 71.3 Å². The number of furan rings is 1. The monoisotopic (exact) mass is 915 g/mol. The Morgan fingerprint density at radius 1 is 0.319 bits per heavy atom. The summed E-state index contributed by atoms with van der Waals surface area (Å²) in [7, 11) is 0. The predicted octanol–water partition coefficient (Wildman–Crippen LogP) is 18.8. The third kappa shape index (κ3) is 5.03. The average Bonchev–Trinajstić information content (AvgIpc) is 4.13. The smallest absolute Gasteiger partial charge is 0.136 e. The lowest BCUT2D eigenvalue weighted by molar-refractivity contribution is 0.661. The molecule has 72 heavy (non-hydrogen) atoms. The molecule has 0 bridgehead atoms. The van der Waals surface area contributed by atoms with E-state index in [0.717, 1.165) is 39.1 Å². The van der Waals surface area contributed by atoms with Crippen LogP contribution in [0, 0.1) is 0 Å². The van der Waals surface area contributed by atoms with Crippen molar-refractivity contribution in [1.82, 2.24) is 0 Å². The van der Waals surface area contributed by atoms with Gasteiger partial charge in [0.15, 0.2) is 0 Å². The highest BCUT2D eigenvalue weighted by Gasteiger charge is 2.52. The fraction of sp³-hybridized carbons (Fsp3) is 0.0571. The van der Waals surface area contributed by atoms with E-state index in [1.165, 1.54) is 110 Å². The van der Waals surface area contributed by atoms with Gasteiger partial charge in [-0.1, -0.05) is 202 Å². The van der Waals surface area contributed by atoms with Gasteiger partial charge in [-0.15, -0.1) is 0 Å². The van der Waals surface area contributed by atoms with E-state index in [2.05, 4.69) is 255 Å². The van der Waals surface area contributed by atoms with Crippen LogP contribution < -0.4 is 4.90 Å². The van der Waals surface area contributed by atoms with Crippen LogP contribution in [0.15, 0.2) is 241 Å². The largest absolute Gasteiger partial charge is 0.456 e. The zero-order valence-corrected chi connectivity index (χ0v) is 39.9. The molecule has 13 aromatic rings. The average molecular weight is 916 g/mol. The Labute approximate surface area is 417 Å². The maximum absolute atomic E-state index is 6.51. The highest BCUT2D eigenvalue weighted by atomic mass is 16.3. The minimum Gasteiger partial charge on any atom is -0.456 e. The zero-order chi connectivity index (χ0) is 47.5. The van der Waals surface area contributed by atoms with Gasteiger partial charge in [0.2, 0.25) is 0 Å². The molecule has 0 unspecified atom stereocenters. The number of anilines is 3. The van der Waals surface area contributed by atoms with Crippen molar-refractivity contribution < 1.29 is 4.42 Å². The quantitative estimate of drug-likeness (QED) is 0.164. The summed E-state index contributed by atoms with van der Waals surface area (Å²) in [5.41, 5.74) is 22.7. The van der Waals surface area contributed by atoms with Crippen molar-refractivity contribution in [2.24, 2.45) is 0 Å². The lowest BCUT2D eigenvalue weighted by Gasteiger charge is -2.35. The molecule has 16 rings (SSSR count). The van der Waals surface area contributed by atoms with Gasteiger partial charge in [-0.05, 0) is 148 Å². The zero-order valence-electron chi connectivity index (χ0n) is 39.9. The van der Waals surface area contributed by atoms with E-state index in [9.17, 15) is 0 Å². The maximum Gasteiger partial charge on any atom is 0.136 e. The second-order valence-electron chi connectivity index (χ2n) is 20.6. The van der Waals surface area contributed by atoms with E-state index in [4.69, 9.17) is 4.42 Å². The summed E-state index contributed by atoms with van der Waals surface area (Å²) in [4.78, 5) is 2.59. The third-order valence-corrected chi connectivity index (χ3v) is 16.8. The Bertz CT molecular complexity index is 4450. The van der Waals surface area contributed by atoms with Crippen molar-refractivity contribution in [3.8, 4) is 44.5 Å². The van der Waals surface area contributed by atoms with E-state index in [1.54, 1.807) is 0 Å². The van der Waals surface area contributed by atoms with Gasteiger partial charge < -0.3 is 9.32 Å². The maximum atomic E-state index is 6.51. The van der Waals surface area contributed by atoms with Crippen LogP contribution in [-0.2, 0) is 10.8 Å². The summed E-state index contributed by atoms with van der Waals surface area (Å²) in [5.74, 6) is 0. The molecule has 0 atom stereocenters. The first-order chi connectivity index (χ1) is 35.5. The summed E-state index contributed by atoms with van der Waals surface area (Å²) >= 11 is 0. The molecule has 0 amide bonds. The van der Waals surface area contributed by atoms with E-state index in [-0.39, 0.29) is 5.41 Å². The molecule has 1 heterocycles. The molecular formula is C70H45NO. The summed E-state index contributed by atoms with van der Waals surface area (Å²) < 4.78 is 6.51. The van der Waals surface area contributed by atoms with E-state index in [1.807, 2.05) is 0 Å². The topological polar surface area (TPSA) is 16.4 Å². The third-order valence-electron chi connectivity index (χ3n) is 16.8. The van der Waals surface area contributed by atoms with Crippen molar-refractivity contribution in [3.63, 3.8) is 0 Å². The van der Waals surface area contributed by atoms with Gasteiger partial charge in [0, 0.05) is 32.8 Å². The molecule has 0 N–H and O–H groups in total. The summed E-state index contributed by atoms with van der Waals surface area (Å²) in [5, 5.41) is 9.71. The molecule has 1 aromatic heterocycles. The van der Waals surface area contributed by atoms with Crippen LogP contribution in [0.3, 0.4) is 0 Å². The van der Waals surface area contributed by atoms with E-state index in [0.29, 0.717) is 0 Å². The molecule has 3 aliphatic carbocycles. The molecule has 0 aliphatic heterocycles. The number of hydrogen-bond donors (Lipinski definition) is 0. The molecule has 0 saturated carbocycles. The SMILES string of the molecule is CC1(C)c2ccccc2-c2cccc(N(c3ccc4c(c3)C3(c5ccccc5-c5ccccc53)c3ccccc3-4)c3ccccc3-c3ccc4c5ccccc5c5c(ccc6oc7ccccc7c65)c4c3)c21. The molecule has 336 valence electrons. The first kappa shape index (κ1) is 39.8. The molecule has 0 fully saturated rings. The molecule has 2 heteroatoms. The van der Waals surface area contributed by atoms with Crippen LogP contribution in [0.1, 0.15) is 47.2 Å². The Kier molecular flexibility index (Phi) is 7.92. The molecule has 1 spiro atoms. The van der Waals surface area contributed by atoms with Crippen LogP contribution in [0.5, 0.6) is 0 Å². The highest BCUT2D eigenvalue weighted by Crippen LogP contribution is 2.64. The lowest BCUT2D eigenvalue weighted by Crippen LogP contribution is -2.26. The van der Waals surface area contributed by atoms with Gasteiger partial charge >= 0.3 is 0 Å². The Morgan fingerprint density at radius 3 is 1.56 bits per heavy atom. The number of fused-ring (bicyclic) bond motifs is 23. The lowest BCUT2D eigenvalue weighted by atomic mass is 9.70. The minimum atomic E-state index is -0.484. The van der Waals surface area contributed by atoms with Gasteiger partial charge in [0.1, 0.15) is 11.2 Å². The van der Waals surface area contributed by atoms with Crippen molar-refractivity contribution in [2.45, 2.75) is 24.7 Å². The van der Waals surface area contributed by atoms with Crippen LogP contribution in [0.2, 0.25) is 0 Å². The number of nitrogens with zero attached hydrogens (tertiary/aromatic N) is 1. The van der Waals surface area contributed by atoms with Crippen molar-refractivity contribution in [1.29, 1.82) is 0 Å². The molecule has 3 aliphatic rings.